The molecule has 0 heterocycles. The molecule has 1 atom stereocenters. The van der Waals surface area contributed by atoms with Crippen LogP contribution in [0.15, 0.2) is 24.3 Å². The molecule has 11 heteroatoms. The van der Waals surface area contributed by atoms with Crippen molar-refractivity contribution in [2.24, 2.45) is 0 Å². The summed E-state index contributed by atoms with van der Waals surface area (Å²) < 4.78 is 123. The number of nitriles is 1. The van der Waals surface area contributed by atoms with Crippen LogP contribution in [0, 0.1) is 11.3 Å². The molecule has 1 aromatic rings. The van der Waals surface area contributed by atoms with Gasteiger partial charge in [-0.2, -0.15) is 40.4 Å². The molecule has 2 rings (SSSR count). The Bertz CT molecular complexity index is 741. The molecule has 2 nitrogen and oxygen atoms in total. The van der Waals surface area contributed by atoms with Gasteiger partial charge in [-0.05, 0) is 13.0 Å². The van der Waals surface area contributed by atoms with E-state index in [1.54, 1.807) is 0 Å². The van der Waals surface area contributed by atoms with Gasteiger partial charge in [0.1, 0.15) is 0 Å². The molecular formula is C15H10F9NO. The Kier molecular flexibility index (Phi) is 4.13. The average Bonchev–Trinajstić information content (AvgIpc) is 2.57. The zero-order valence-electron chi connectivity index (χ0n) is 12.8. The maximum absolute atomic E-state index is 14.6. The maximum atomic E-state index is 14.6. The van der Waals surface area contributed by atoms with Crippen LogP contribution in [-0.2, 0) is 5.60 Å². The Hall–Kier alpha value is -1.96. The standard InChI is InChI=1S/C15H10F9NO/c1-10(26,9-5-3-2-4-8(9)6-25)7-11(16)12(17,18)14(21,22)15(23,24)13(11,19)20/h2-5,26H,7H2,1H3. The van der Waals surface area contributed by atoms with E-state index in [1.165, 1.54) is 12.1 Å². The second-order valence-corrected chi connectivity index (χ2v) is 6.21. The van der Waals surface area contributed by atoms with Crippen molar-refractivity contribution in [2.45, 2.75) is 48.3 Å². The molecule has 1 saturated carbocycles. The van der Waals surface area contributed by atoms with Crippen molar-refractivity contribution in [2.75, 3.05) is 0 Å². The Morgan fingerprint density at radius 3 is 1.73 bits per heavy atom. The number of halogens is 9. The fourth-order valence-corrected chi connectivity index (χ4v) is 2.93. The normalized spacial score (nSPS) is 26.7. The lowest BCUT2D eigenvalue weighted by Crippen LogP contribution is -2.57. The first-order chi connectivity index (χ1) is 11.5. The van der Waals surface area contributed by atoms with Crippen LogP contribution in [-0.4, -0.2) is 34.5 Å². The highest BCUT2D eigenvalue weighted by Crippen LogP contribution is 2.70. The van der Waals surface area contributed by atoms with E-state index in [0.29, 0.717) is 6.92 Å². The maximum Gasteiger partial charge on any atom is 0.381 e. The van der Waals surface area contributed by atoms with Crippen LogP contribution in [0.2, 0.25) is 0 Å². The SMILES string of the molecule is CC(O)(CC1(F)C(F)(F)C(F)(F)C(F)(F)C1(F)F)c1ccccc1C#N. The van der Waals surface area contributed by atoms with Crippen LogP contribution in [0.1, 0.15) is 24.5 Å². The summed E-state index contributed by atoms with van der Waals surface area (Å²) in [6, 6.07) is 5.67. The Morgan fingerprint density at radius 2 is 1.31 bits per heavy atom. The summed E-state index contributed by atoms with van der Waals surface area (Å²) in [5.41, 5.74) is -9.99. The van der Waals surface area contributed by atoms with Gasteiger partial charge in [0.25, 0.3) is 5.67 Å². The second-order valence-electron chi connectivity index (χ2n) is 6.21. The minimum Gasteiger partial charge on any atom is -0.385 e. The molecule has 1 unspecified atom stereocenters. The zero-order valence-corrected chi connectivity index (χ0v) is 12.8. The molecule has 1 aliphatic carbocycles. The summed E-state index contributed by atoms with van der Waals surface area (Å²) in [5, 5.41) is 19.1. The predicted octanol–water partition coefficient (Wildman–Crippen LogP) is 4.42. The van der Waals surface area contributed by atoms with Crippen molar-refractivity contribution in [1.82, 2.24) is 0 Å². The molecule has 26 heavy (non-hydrogen) atoms. The van der Waals surface area contributed by atoms with Gasteiger partial charge >= 0.3 is 23.7 Å². The van der Waals surface area contributed by atoms with Crippen molar-refractivity contribution in [3.63, 3.8) is 0 Å². The minimum atomic E-state index is -6.71. The molecule has 0 amide bonds. The minimum absolute atomic E-state index is 0.468. The highest BCUT2D eigenvalue weighted by atomic mass is 19.4. The van der Waals surface area contributed by atoms with Gasteiger partial charge in [-0.25, -0.2) is 4.39 Å². The molecule has 0 bridgehead atoms. The van der Waals surface area contributed by atoms with E-state index in [2.05, 4.69) is 0 Å². The van der Waals surface area contributed by atoms with Crippen LogP contribution < -0.4 is 0 Å². The Balaban J connectivity index is 2.65. The summed E-state index contributed by atoms with van der Waals surface area (Å²) >= 11 is 0. The average molecular weight is 391 g/mol. The quantitative estimate of drug-likeness (QED) is 0.776. The van der Waals surface area contributed by atoms with Crippen LogP contribution in [0.25, 0.3) is 0 Å². The number of alkyl halides is 9. The number of rotatable bonds is 3. The topological polar surface area (TPSA) is 44.0 Å². The van der Waals surface area contributed by atoms with E-state index in [4.69, 9.17) is 5.26 Å². The molecule has 0 radical (unpaired) electrons. The summed E-state index contributed by atoms with van der Waals surface area (Å²) in [6.07, 6.45) is -2.51. The van der Waals surface area contributed by atoms with Gasteiger partial charge in [-0.3, -0.25) is 0 Å². The molecule has 1 aliphatic rings. The fraction of sp³-hybridized carbons (Fsp3) is 0.533. The molecule has 0 spiro atoms. The molecule has 0 aliphatic heterocycles. The fourth-order valence-electron chi connectivity index (χ4n) is 2.93. The first-order valence-electron chi connectivity index (χ1n) is 6.93. The lowest BCUT2D eigenvalue weighted by Gasteiger charge is -2.37. The van der Waals surface area contributed by atoms with Gasteiger partial charge in [0.15, 0.2) is 0 Å². The van der Waals surface area contributed by atoms with E-state index >= 15 is 0 Å². The van der Waals surface area contributed by atoms with Crippen LogP contribution >= 0.6 is 0 Å². The monoisotopic (exact) mass is 391 g/mol. The highest BCUT2D eigenvalue weighted by Gasteiger charge is 3.00. The lowest BCUT2D eigenvalue weighted by atomic mass is 9.79. The molecule has 144 valence electrons. The van der Waals surface area contributed by atoms with Gasteiger partial charge < -0.3 is 5.11 Å². The van der Waals surface area contributed by atoms with Gasteiger partial charge in [-0.15, -0.1) is 0 Å². The molecule has 0 saturated heterocycles. The first kappa shape index (κ1) is 20.4. The number of nitrogens with zero attached hydrogens (tertiary/aromatic N) is 1. The van der Waals surface area contributed by atoms with Crippen molar-refractivity contribution in [3.8, 4) is 6.07 Å². The molecular weight excluding hydrogens is 381 g/mol. The number of aliphatic hydroxyl groups is 1. The summed E-state index contributed by atoms with van der Waals surface area (Å²) in [5.74, 6) is -26.4. The summed E-state index contributed by atoms with van der Waals surface area (Å²) in [6.45, 7) is 0.477. The molecule has 1 N–H and O–H groups in total. The van der Waals surface area contributed by atoms with Gasteiger partial charge in [-0.1, -0.05) is 18.2 Å². The van der Waals surface area contributed by atoms with Gasteiger partial charge in [0, 0.05) is 12.0 Å². The number of hydrogen-bond acceptors (Lipinski definition) is 2. The van der Waals surface area contributed by atoms with Crippen molar-refractivity contribution >= 4 is 0 Å². The third-order valence-corrected chi connectivity index (χ3v) is 4.39. The van der Waals surface area contributed by atoms with E-state index in [-0.39, 0.29) is 0 Å². The Morgan fingerprint density at radius 1 is 0.885 bits per heavy atom. The number of benzene rings is 1. The zero-order chi connectivity index (χ0) is 20.4. The van der Waals surface area contributed by atoms with Crippen LogP contribution in [0.3, 0.4) is 0 Å². The smallest absolute Gasteiger partial charge is 0.381 e. The molecule has 0 aromatic heterocycles. The second kappa shape index (κ2) is 5.28. The lowest BCUT2D eigenvalue weighted by molar-refractivity contribution is -0.303. The van der Waals surface area contributed by atoms with Crippen molar-refractivity contribution in [1.29, 1.82) is 5.26 Å². The number of hydrogen-bond donors (Lipinski definition) is 1. The van der Waals surface area contributed by atoms with E-state index < -0.39 is 52.5 Å². The summed E-state index contributed by atoms with van der Waals surface area (Å²) in [4.78, 5) is 0. The summed E-state index contributed by atoms with van der Waals surface area (Å²) in [7, 11) is 0. The largest absolute Gasteiger partial charge is 0.385 e. The van der Waals surface area contributed by atoms with Crippen LogP contribution in [0.4, 0.5) is 39.5 Å². The van der Waals surface area contributed by atoms with E-state index in [9.17, 15) is 44.6 Å². The molecule has 1 fully saturated rings. The van der Waals surface area contributed by atoms with E-state index in [0.717, 1.165) is 18.2 Å². The molecule has 1 aromatic carbocycles. The third kappa shape index (κ3) is 2.11. The predicted molar refractivity (Wildman–Crippen MR) is 69.0 cm³/mol. The van der Waals surface area contributed by atoms with Gasteiger partial charge in [0.05, 0.1) is 17.2 Å². The van der Waals surface area contributed by atoms with Gasteiger partial charge in [0.2, 0.25) is 0 Å². The van der Waals surface area contributed by atoms with Crippen LogP contribution in [0.5, 0.6) is 0 Å². The van der Waals surface area contributed by atoms with Crippen molar-refractivity contribution < 1.29 is 44.6 Å². The first-order valence-corrected chi connectivity index (χ1v) is 6.93. The Labute approximate surface area is 140 Å². The van der Waals surface area contributed by atoms with E-state index in [1.807, 2.05) is 0 Å². The third-order valence-electron chi connectivity index (χ3n) is 4.39. The van der Waals surface area contributed by atoms with Crippen molar-refractivity contribution in [3.05, 3.63) is 35.4 Å². The highest BCUT2D eigenvalue weighted by molar-refractivity contribution is 5.42.